The number of hydrogen-bond acceptors (Lipinski definition) is 5. The van der Waals surface area contributed by atoms with E-state index in [9.17, 15) is 14.0 Å². The van der Waals surface area contributed by atoms with Gasteiger partial charge in [0, 0.05) is 31.5 Å². The fraction of sp³-hybridized carbons (Fsp3) is 0.294. The fourth-order valence-corrected chi connectivity index (χ4v) is 2.81. The van der Waals surface area contributed by atoms with Gasteiger partial charge >= 0.3 is 0 Å². The van der Waals surface area contributed by atoms with Crippen molar-refractivity contribution in [1.29, 1.82) is 0 Å². The van der Waals surface area contributed by atoms with Gasteiger partial charge in [0.2, 0.25) is 0 Å². The molecule has 0 radical (unpaired) electrons. The van der Waals surface area contributed by atoms with Crippen LogP contribution in [0.25, 0.3) is 0 Å². The van der Waals surface area contributed by atoms with Crippen LogP contribution in [-0.2, 0) is 0 Å². The van der Waals surface area contributed by atoms with Crippen LogP contribution in [0.3, 0.4) is 0 Å². The fourth-order valence-electron chi connectivity index (χ4n) is 2.81. The summed E-state index contributed by atoms with van der Waals surface area (Å²) in [7, 11) is 0. The predicted molar refractivity (Wildman–Crippen MR) is 89.2 cm³/mol. The maximum atomic E-state index is 13.7. The third-order valence-electron chi connectivity index (χ3n) is 4.16. The number of nitrogens with two attached hydrogens (primary N) is 1. The third kappa shape index (κ3) is 3.73. The maximum absolute atomic E-state index is 13.7. The van der Waals surface area contributed by atoms with Crippen LogP contribution in [0.1, 0.15) is 33.7 Å². The second kappa shape index (κ2) is 7.25. The number of benzene rings is 1. The number of aromatic nitrogens is 2. The summed E-state index contributed by atoms with van der Waals surface area (Å²) >= 11 is 0. The first-order valence-electron chi connectivity index (χ1n) is 7.97. The van der Waals surface area contributed by atoms with Crippen molar-refractivity contribution >= 4 is 17.6 Å². The molecule has 3 rings (SSSR count). The van der Waals surface area contributed by atoms with E-state index in [-0.39, 0.29) is 34.9 Å². The van der Waals surface area contributed by atoms with Gasteiger partial charge in [-0.3, -0.25) is 9.59 Å². The monoisotopic (exact) mass is 343 g/mol. The van der Waals surface area contributed by atoms with Crippen molar-refractivity contribution in [3.63, 3.8) is 0 Å². The van der Waals surface area contributed by atoms with E-state index in [4.69, 9.17) is 5.73 Å². The van der Waals surface area contributed by atoms with Gasteiger partial charge in [0.25, 0.3) is 11.8 Å². The van der Waals surface area contributed by atoms with Crippen LogP contribution >= 0.6 is 0 Å². The van der Waals surface area contributed by atoms with E-state index in [2.05, 4.69) is 15.3 Å². The number of rotatable bonds is 3. The van der Waals surface area contributed by atoms with Crippen LogP contribution in [0.15, 0.2) is 36.7 Å². The van der Waals surface area contributed by atoms with Crippen molar-refractivity contribution in [2.45, 2.75) is 18.9 Å². The van der Waals surface area contributed by atoms with E-state index in [0.717, 1.165) is 0 Å². The zero-order valence-corrected chi connectivity index (χ0v) is 13.5. The van der Waals surface area contributed by atoms with Crippen LogP contribution in [0.2, 0.25) is 0 Å². The molecule has 1 saturated heterocycles. The lowest BCUT2D eigenvalue weighted by atomic mass is 10.0. The highest BCUT2D eigenvalue weighted by atomic mass is 19.1. The summed E-state index contributed by atoms with van der Waals surface area (Å²) in [5.41, 5.74) is 5.80. The molecule has 130 valence electrons. The molecule has 1 aliphatic heterocycles. The molecule has 0 aliphatic carbocycles. The maximum Gasteiger partial charge on any atom is 0.273 e. The van der Waals surface area contributed by atoms with Crippen LogP contribution in [0.5, 0.6) is 0 Å². The Hall–Kier alpha value is -3.03. The molecule has 25 heavy (non-hydrogen) atoms. The smallest absolute Gasteiger partial charge is 0.273 e. The van der Waals surface area contributed by atoms with Gasteiger partial charge in [0.15, 0.2) is 11.5 Å². The Bertz CT molecular complexity index is 790. The summed E-state index contributed by atoms with van der Waals surface area (Å²) in [6.45, 7) is 0.877. The van der Waals surface area contributed by atoms with Crippen LogP contribution in [0.4, 0.5) is 10.2 Å². The van der Waals surface area contributed by atoms with E-state index in [1.54, 1.807) is 17.0 Å². The molecule has 0 saturated carbocycles. The Morgan fingerprint density at radius 2 is 1.84 bits per heavy atom. The summed E-state index contributed by atoms with van der Waals surface area (Å²) in [4.78, 5) is 33.9. The van der Waals surface area contributed by atoms with Crippen molar-refractivity contribution in [2.75, 3.05) is 18.8 Å². The molecular formula is C17H18FN5O2. The first-order valence-corrected chi connectivity index (χ1v) is 7.97. The number of nitrogens with one attached hydrogen (secondary N) is 1. The number of halogens is 1. The van der Waals surface area contributed by atoms with E-state index in [0.29, 0.717) is 25.9 Å². The highest BCUT2D eigenvalue weighted by molar-refractivity contribution is 5.96. The quantitative estimate of drug-likeness (QED) is 0.873. The minimum Gasteiger partial charge on any atom is -0.382 e. The van der Waals surface area contributed by atoms with Crippen molar-refractivity contribution in [3.8, 4) is 0 Å². The summed E-state index contributed by atoms with van der Waals surface area (Å²) in [5, 5.41) is 2.85. The topological polar surface area (TPSA) is 101 Å². The molecule has 7 nitrogen and oxygen atoms in total. The SMILES string of the molecule is Nc1nccnc1C(=O)NC1CCN(C(=O)c2ccccc2F)CC1. The standard InChI is InChI=1S/C17H18FN5O2/c18-13-4-2-1-3-12(13)17(25)23-9-5-11(6-10-23)22-16(24)14-15(19)21-8-7-20-14/h1-4,7-8,11H,5-6,9-10H2,(H2,19,21)(H,22,24). The van der Waals surface area contributed by atoms with E-state index >= 15 is 0 Å². The third-order valence-corrected chi connectivity index (χ3v) is 4.16. The molecule has 1 aliphatic rings. The molecular weight excluding hydrogens is 325 g/mol. The van der Waals surface area contributed by atoms with Crippen molar-refractivity contribution in [2.24, 2.45) is 0 Å². The molecule has 2 heterocycles. The largest absolute Gasteiger partial charge is 0.382 e. The lowest BCUT2D eigenvalue weighted by Gasteiger charge is -2.32. The second-order valence-corrected chi connectivity index (χ2v) is 5.81. The van der Waals surface area contributed by atoms with Gasteiger partial charge in [0.1, 0.15) is 5.82 Å². The molecule has 3 N–H and O–H groups in total. The van der Waals surface area contributed by atoms with Gasteiger partial charge in [-0.2, -0.15) is 0 Å². The normalized spacial score (nSPS) is 15.0. The molecule has 1 aromatic carbocycles. The molecule has 1 aromatic heterocycles. The Morgan fingerprint density at radius 3 is 2.52 bits per heavy atom. The Kier molecular flexibility index (Phi) is 4.87. The zero-order valence-electron chi connectivity index (χ0n) is 13.5. The van der Waals surface area contributed by atoms with Crippen LogP contribution in [-0.4, -0.2) is 45.8 Å². The molecule has 2 aromatic rings. The number of anilines is 1. The molecule has 1 fully saturated rings. The number of likely N-dealkylation sites (tertiary alicyclic amines) is 1. The average Bonchev–Trinajstić information content (AvgIpc) is 2.62. The van der Waals surface area contributed by atoms with Gasteiger partial charge < -0.3 is 16.0 Å². The van der Waals surface area contributed by atoms with E-state index in [1.165, 1.54) is 24.5 Å². The number of carbonyl (C=O) groups excluding carboxylic acids is 2. The highest BCUT2D eigenvalue weighted by Gasteiger charge is 2.26. The summed E-state index contributed by atoms with van der Waals surface area (Å²) in [6.07, 6.45) is 3.97. The number of carbonyl (C=O) groups is 2. The average molecular weight is 343 g/mol. The number of amides is 2. The molecule has 0 unspecified atom stereocenters. The zero-order chi connectivity index (χ0) is 17.8. The minimum absolute atomic E-state index is 0.0670. The minimum atomic E-state index is -0.527. The lowest BCUT2D eigenvalue weighted by molar-refractivity contribution is 0.0693. The van der Waals surface area contributed by atoms with E-state index in [1.807, 2.05) is 0 Å². The Balaban J connectivity index is 1.57. The molecule has 0 atom stereocenters. The number of nitrogens with zero attached hydrogens (tertiary/aromatic N) is 3. The molecule has 0 spiro atoms. The predicted octanol–water partition coefficient (Wildman–Crippen LogP) is 1.23. The van der Waals surface area contributed by atoms with Gasteiger partial charge in [-0.25, -0.2) is 14.4 Å². The first-order chi connectivity index (χ1) is 12.1. The Morgan fingerprint density at radius 1 is 1.16 bits per heavy atom. The van der Waals surface area contributed by atoms with Crippen molar-refractivity contribution in [3.05, 3.63) is 53.7 Å². The van der Waals surface area contributed by atoms with Gasteiger partial charge in [0.05, 0.1) is 5.56 Å². The van der Waals surface area contributed by atoms with Gasteiger partial charge in [-0.05, 0) is 25.0 Å². The van der Waals surface area contributed by atoms with Gasteiger partial charge in [-0.15, -0.1) is 0 Å². The van der Waals surface area contributed by atoms with Crippen LogP contribution < -0.4 is 11.1 Å². The molecule has 2 amide bonds. The first kappa shape index (κ1) is 16.8. The Labute approximate surface area is 144 Å². The number of nitrogen functional groups attached to an aromatic ring is 1. The summed E-state index contributed by atoms with van der Waals surface area (Å²) < 4.78 is 13.7. The molecule has 8 heteroatoms. The molecule has 0 bridgehead atoms. The summed E-state index contributed by atoms with van der Waals surface area (Å²) in [6, 6.07) is 5.83. The van der Waals surface area contributed by atoms with Crippen molar-refractivity contribution < 1.29 is 14.0 Å². The summed E-state index contributed by atoms with van der Waals surface area (Å²) in [5.74, 6) is -1.17. The van der Waals surface area contributed by atoms with Gasteiger partial charge in [-0.1, -0.05) is 12.1 Å². The number of hydrogen-bond donors (Lipinski definition) is 2. The highest BCUT2D eigenvalue weighted by Crippen LogP contribution is 2.16. The van der Waals surface area contributed by atoms with Crippen LogP contribution in [0, 0.1) is 5.82 Å². The number of piperidine rings is 1. The van der Waals surface area contributed by atoms with E-state index < -0.39 is 5.82 Å². The second-order valence-electron chi connectivity index (χ2n) is 5.81. The lowest BCUT2D eigenvalue weighted by Crippen LogP contribution is -2.47. The van der Waals surface area contributed by atoms with Crippen molar-refractivity contribution in [1.82, 2.24) is 20.2 Å².